The van der Waals surface area contributed by atoms with Crippen molar-refractivity contribution in [1.29, 1.82) is 0 Å². The van der Waals surface area contributed by atoms with E-state index in [0.717, 1.165) is 5.56 Å². The average molecular weight is 660 g/mol. The molecule has 0 saturated heterocycles. The summed E-state index contributed by atoms with van der Waals surface area (Å²) in [6.07, 6.45) is 0.538. The number of fused-ring (bicyclic) bond motifs is 3. The van der Waals surface area contributed by atoms with Crippen LogP contribution in [0.15, 0.2) is 95.9 Å². The number of nitro benzene ring substituents is 2. The molecule has 2 aliphatic rings. The molecule has 0 unspecified atom stereocenters. The van der Waals surface area contributed by atoms with E-state index in [1.54, 1.807) is 54.6 Å². The number of carbonyl (C=O) groups excluding carboxylic acids is 2. The van der Waals surface area contributed by atoms with Crippen LogP contribution in [-0.4, -0.2) is 39.5 Å². The summed E-state index contributed by atoms with van der Waals surface area (Å²) in [5.74, 6) is -1.78. The Hall–Kier alpha value is -4.94. The number of nitrogens with one attached hydrogen (secondary N) is 1. The smallest absolute Gasteiger partial charge is 0.343 e. The van der Waals surface area contributed by atoms with Gasteiger partial charge < -0.3 is 14.8 Å². The topological polar surface area (TPSA) is 151 Å². The van der Waals surface area contributed by atoms with E-state index in [9.17, 15) is 29.8 Å². The Labute approximate surface area is 272 Å². The number of non-ortho nitro benzene ring substituents is 1. The highest BCUT2D eigenvalue weighted by molar-refractivity contribution is 8.00. The standard InChI is InChI=1S/C33H26ClN3O8S/c1-44-33(39)21-9-2-4-11-26(21)45-32(38)19-13-14-24-22(16-19)29-23(31(35-24)18-7-6-8-20(15-18)36(40)41)17-28(30(29)34)46-27-12-5-3-10-25(27)37(42)43/h2-16,23,28-31,35H,17H2,1H3/t23-,28+,29+,30+,31+/m1/s1. The van der Waals surface area contributed by atoms with Gasteiger partial charge in [-0.15, -0.1) is 23.4 Å². The molecule has 0 radical (unpaired) electrons. The molecule has 11 nitrogen and oxygen atoms in total. The van der Waals surface area contributed by atoms with Crippen LogP contribution in [0.4, 0.5) is 17.1 Å². The maximum Gasteiger partial charge on any atom is 0.343 e. The second-order valence-corrected chi connectivity index (χ2v) is 12.7. The molecule has 0 amide bonds. The Morgan fingerprint density at radius 3 is 2.43 bits per heavy atom. The number of thioether (sulfide) groups is 1. The molecule has 13 heteroatoms. The molecule has 1 fully saturated rings. The number of esters is 2. The highest BCUT2D eigenvalue weighted by Gasteiger charge is 2.50. The lowest BCUT2D eigenvalue weighted by Crippen LogP contribution is -2.31. The molecule has 4 aromatic carbocycles. The van der Waals surface area contributed by atoms with Gasteiger partial charge in [-0.3, -0.25) is 20.2 Å². The maximum atomic E-state index is 13.4. The zero-order chi connectivity index (χ0) is 32.5. The summed E-state index contributed by atoms with van der Waals surface area (Å²) >= 11 is 8.57. The van der Waals surface area contributed by atoms with Gasteiger partial charge in [0.05, 0.1) is 38.8 Å². The highest BCUT2D eigenvalue weighted by atomic mass is 35.5. The molecule has 46 heavy (non-hydrogen) atoms. The molecule has 234 valence electrons. The first-order valence-electron chi connectivity index (χ1n) is 14.2. The number of alkyl halides is 1. The van der Waals surface area contributed by atoms with Crippen LogP contribution in [0, 0.1) is 26.1 Å². The van der Waals surface area contributed by atoms with Crippen LogP contribution in [0.25, 0.3) is 0 Å². The van der Waals surface area contributed by atoms with Gasteiger partial charge in [0.25, 0.3) is 11.4 Å². The Bertz CT molecular complexity index is 1870. The fourth-order valence-corrected chi connectivity index (χ4v) is 8.21. The van der Waals surface area contributed by atoms with Crippen LogP contribution in [0.2, 0.25) is 0 Å². The van der Waals surface area contributed by atoms with E-state index in [1.165, 1.54) is 49.2 Å². The third kappa shape index (κ3) is 5.88. The number of nitrogens with zero attached hydrogens (tertiary/aromatic N) is 2. The lowest BCUT2D eigenvalue weighted by atomic mass is 9.76. The average Bonchev–Trinajstić information content (AvgIpc) is 3.39. The number of anilines is 1. The Balaban J connectivity index is 1.37. The van der Waals surface area contributed by atoms with Gasteiger partial charge in [0.15, 0.2) is 0 Å². The van der Waals surface area contributed by atoms with Gasteiger partial charge in [0.2, 0.25) is 0 Å². The van der Waals surface area contributed by atoms with Crippen LogP contribution >= 0.6 is 23.4 Å². The SMILES string of the molecule is COC(=O)c1ccccc1OC(=O)c1ccc2c(c1)[C@@H]1[C@@H](Cl)[C@@H](Sc3ccccc3[N+](=O)[O-])C[C@H]1[C@H](c1cccc([N+](=O)[O-])c1)N2. The van der Waals surface area contributed by atoms with Crippen molar-refractivity contribution in [1.82, 2.24) is 0 Å². The van der Waals surface area contributed by atoms with E-state index in [2.05, 4.69) is 5.32 Å². The van der Waals surface area contributed by atoms with Crippen molar-refractivity contribution in [3.05, 3.63) is 133 Å². The molecule has 1 heterocycles. The van der Waals surface area contributed by atoms with E-state index in [-0.39, 0.29) is 51.4 Å². The van der Waals surface area contributed by atoms with E-state index in [1.807, 2.05) is 6.07 Å². The van der Waals surface area contributed by atoms with Gasteiger partial charge in [-0.25, -0.2) is 9.59 Å². The summed E-state index contributed by atoms with van der Waals surface area (Å²) in [5.41, 5.74) is 2.43. The Kier molecular flexibility index (Phi) is 8.65. The first-order chi connectivity index (χ1) is 22.2. The predicted molar refractivity (Wildman–Crippen MR) is 172 cm³/mol. The summed E-state index contributed by atoms with van der Waals surface area (Å²) in [4.78, 5) is 48.6. The second-order valence-electron chi connectivity index (χ2n) is 10.9. The molecule has 4 aromatic rings. The largest absolute Gasteiger partial charge is 0.465 e. The molecule has 1 saturated carbocycles. The highest BCUT2D eigenvalue weighted by Crippen LogP contribution is 2.58. The fourth-order valence-electron chi connectivity index (χ4n) is 6.27. The van der Waals surface area contributed by atoms with Crippen molar-refractivity contribution >= 4 is 52.4 Å². The van der Waals surface area contributed by atoms with Crippen LogP contribution < -0.4 is 10.1 Å². The third-order valence-corrected chi connectivity index (χ3v) is 10.4. The Morgan fingerprint density at radius 2 is 1.67 bits per heavy atom. The molecule has 6 rings (SSSR count). The molecule has 1 aliphatic heterocycles. The van der Waals surface area contributed by atoms with E-state index in [4.69, 9.17) is 21.1 Å². The van der Waals surface area contributed by atoms with E-state index >= 15 is 0 Å². The number of hydrogen-bond acceptors (Lipinski definition) is 10. The number of hydrogen-bond donors (Lipinski definition) is 1. The van der Waals surface area contributed by atoms with Gasteiger partial charge in [-0.05, 0) is 59.9 Å². The van der Waals surface area contributed by atoms with Crippen LogP contribution in [-0.2, 0) is 4.74 Å². The number of halogens is 1. The molecular formula is C33H26ClN3O8S. The van der Waals surface area contributed by atoms with Gasteiger partial charge in [0, 0.05) is 35.1 Å². The minimum atomic E-state index is -0.688. The first kappa shape index (κ1) is 31.1. The quantitative estimate of drug-likeness (QED) is 0.0660. The molecule has 0 aromatic heterocycles. The first-order valence-corrected chi connectivity index (χ1v) is 15.6. The van der Waals surface area contributed by atoms with Crippen LogP contribution in [0.3, 0.4) is 0 Å². The van der Waals surface area contributed by atoms with Crippen molar-refractivity contribution in [2.45, 2.75) is 33.9 Å². The monoisotopic (exact) mass is 659 g/mol. The predicted octanol–water partition coefficient (Wildman–Crippen LogP) is 7.55. The van der Waals surface area contributed by atoms with Crippen molar-refractivity contribution in [2.75, 3.05) is 12.4 Å². The zero-order valence-corrected chi connectivity index (χ0v) is 25.8. The molecule has 0 spiro atoms. The summed E-state index contributed by atoms with van der Waals surface area (Å²) < 4.78 is 10.4. The van der Waals surface area contributed by atoms with Gasteiger partial charge in [-0.2, -0.15) is 0 Å². The van der Waals surface area contributed by atoms with Crippen molar-refractivity contribution in [2.24, 2.45) is 5.92 Å². The fraction of sp³-hybridized carbons (Fsp3) is 0.212. The summed E-state index contributed by atoms with van der Waals surface area (Å²) in [6.45, 7) is 0. The Morgan fingerprint density at radius 1 is 0.913 bits per heavy atom. The minimum absolute atomic E-state index is 0.0164. The molecule has 1 N–H and O–H groups in total. The molecule has 1 aliphatic carbocycles. The number of nitro groups is 2. The number of rotatable bonds is 8. The zero-order valence-electron chi connectivity index (χ0n) is 24.2. The van der Waals surface area contributed by atoms with E-state index in [0.29, 0.717) is 22.6 Å². The maximum absolute atomic E-state index is 13.4. The minimum Gasteiger partial charge on any atom is -0.465 e. The normalized spacial score (nSPS) is 21.3. The van der Waals surface area contributed by atoms with Gasteiger partial charge >= 0.3 is 11.9 Å². The second kappa shape index (κ2) is 12.8. The van der Waals surface area contributed by atoms with E-state index < -0.39 is 27.2 Å². The molecular weight excluding hydrogens is 634 g/mol. The van der Waals surface area contributed by atoms with Crippen LogP contribution in [0.5, 0.6) is 5.75 Å². The lowest BCUT2D eigenvalue weighted by Gasteiger charge is -2.38. The number of ether oxygens (including phenoxy) is 2. The lowest BCUT2D eigenvalue weighted by molar-refractivity contribution is -0.387. The summed E-state index contributed by atoms with van der Waals surface area (Å²) in [5, 5.41) is 26.1. The molecule has 0 bridgehead atoms. The summed E-state index contributed by atoms with van der Waals surface area (Å²) in [7, 11) is 1.24. The van der Waals surface area contributed by atoms with Crippen molar-refractivity contribution in [3.8, 4) is 5.75 Å². The third-order valence-electron chi connectivity index (χ3n) is 8.32. The number of carbonyl (C=O) groups is 2. The van der Waals surface area contributed by atoms with Crippen molar-refractivity contribution < 1.29 is 28.9 Å². The summed E-state index contributed by atoms with van der Waals surface area (Å²) in [6, 6.07) is 23.9. The van der Waals surface area contributed by atoms with Gasteiger partial charge in [-0.1, -0.05) is 36.4 Å². The van der Waals surface area contributed by atoms with Crippen molar-refractivity contribution in [3.63, 3.8) is 0 Å². The number of para-hydroxylation sites is 2. The number of benzene rings is 4. The molecule has 5 atom stereocenters. The van der Waals surface area contributed by atoms with Crippen LogP contribution in [0.1, 0.15) is 50.2 Å². The number of methoxy groups -OCH3 is 1. The van der Waals surface area contributed by atoms with Gasteiger partial charge in [0.1, 0.15) is 11.3 Å².